The average Bonchev–Trinajstić information content (AvgIpc) is 2.27. The van der Waals surface area contributed by atoms with Crippen LogP contribution in [0.4, 0.5) is 4.79 Å². The molecule has 0 aliphatic rings. The van der Waals surface area contributed by atoms with E-state index in [2.05, 4.69) is 5.32 Å². The summed E-state index contributed by atoms with van der Waals surface area (Å²) in [7, 11) is 0. The van der Waals surface area contributed by atoms with E-state index in [0.29, 0.717) is 18.0 Å². The number of rotatable bonds is 4. The molecule has 106 valence electrons. The largest absolute Gasteiger partial charge is 0.444 e. The van der Waals surface area contributed by atoms with Crippen LogP contribution in [0.3, 0.4) is 0 Å². The Kier molecular flexibility index (Phi) is 5.63. The number of carbonyl (C=O) groups excluding carboxylic acids is 1. The molecule has 0 bridgehead atoms. The number of aliphatic hydroxyl groups excluding tert-OH is 1. The van der Waals surface area contributed by atoms with Gasteiger partial charge in [-0.05, 0) is 44.9 Å². The number of hydrogen-bond donors (Lipinski definition) is 2. The van der Waals surface area contributed by atoms with Crippen molar-refractivity contribution in [3.05, 3.63) is 34.9 Å². The van der Waals surface area contributed by atoms with Gasteiger partial charge in [-0.3, -0.25) is 0 Å². The Morgan fingerprint density at radius 3 is 2.47 bits per heavy atom. The summed E-state index contributed by atoms with van der Waals surface area (Å²) in [4.78, 5) is 11.4. The van der Waals surface area contributed by atoms with Crippen molar-refractivity contribution < 1.29 is 14.6 Å². The van der Waals surface area contributed by atoms with E-state index >= 15 is 0 Å². The van der Waals surface area contributed by atoms with Gasteiger partial charge in [-0.1, -0.05) is 23.7 Å². The van der Waals surface area contributed by atoms with E-state index in [1.807, 2.05) is 0 Å². The maximum Gasteiger partial charge on any atom is 0.407 e. The molecule has 0 heterocycles. The third kappa shape index (κ3) is 6.45. The van der Waals surface area contributed by atoms with E-state index in [1.54, 1.807) is 45.0 Å². The van der Waals surface area contributed by atoms with Gasteiger partial charge in [0.1, 0.15) is 5.60 Å². The second-order valence-electron chi connectivity index (χ2n) is 5.28. The third-order valence-electron chi connectivity index (χ3n) is 2.34. The minimum absolute atomic E-state index is 0.346. The molecule has 0 saturated heterocycles. The summed E-state index contributed by atoms with van der Waals surface area (Å²) >= 11 is 5.77. The fourth-order valence-electron chi connectivity index (χ4n) is 1.48. The zero-order valence-corrected chi connectivity index (χ0v) is 12.2. The molecule has 2 N–H and O–H groups in total. The topological polar surface area (TPSA) is 58.6 Å². The molecule has 0 aromatic heterocycles. The molecule has 0 radical (unpaired) electrons. The normalized spacial score (nSPS) is 12.9. The first kappa shape index (κ1) is 15.8. The van der Waals surface area contributed by atoms with Gasteiger partial charge in [0.2, 0.25) is 0 Å². The SMILES string of the molecule is CC(C)(C)OC(=O)NCC[C@@H](O)c1ccc(Cl)cc1. The highest BCUT2D eigenvalue weighted by atomic mass is 35.5. The first-order valence-electron chi connectivity index (χ1n) is 6.18. The summed E-state index contributed by atoms with van der Waals surface area (Å²) < 4.78 is 5.09. The Bertz CT molecular complexity index is 412. The van der Waals surface area contributed by atoms with Crippen molar-refractivity contribution in [2.75, 3.05) is 6.54 Å². The van der Waals surface area contributed by atoms with Gasteiger partial charge in [0.25, 0.3) is 0 Å². The fraction of sp³-hybridized carbons (Fsp3) is 0.500. The molecule has 1 rings (SSSR count). The zero-order chi connectivity index (χ0) is 14.5. The number of alkyl carbamates (subject to hydrolysis) is 1. The maximum atomic E-state index is 11.4. The highest BCUT2D eigenvalue weighted by molar-refractivity contribution is 6.30. The fourth-order valence-corrected chi connectivity index (χ4v) is 1.60. The van der Waals surface area contributed by atoms with E-state index in [1.165, 1.54) is 0 Å². The van der Waals surface area contributed by atoms with Crippen LogP contribution in [-0.4, -0.2) is 23.3 Å². The lowest BCUT2D eigenvalue weighted by Gasteiger charge is -2.20. The Labute approximate surface area is 118 Å². The van der Waals surface area contributed by atoms with Crippen LogP contribution in [0.5, 0.6) is 0 Å². The van der Waals surface area contributed by atoms with Crippen molar-refractivity contribution >= 4 is 17.7 Å². The van der Waals surface area contributed by atoms with E-state index in [9.17, 15) is 9.90 Å². The number of benzene rings is 1. The molecule has 0 unspecified atom stereocenters. The van der Waals surface area contributed by atoms with Gasteiger partial charge < -0.3 is 15.2 Å². The standard InChI is InChI=1S/C14H20ClNO3/c1-14(2,3)19-13(18)16-9-8-12(17)10-4-6-11(15)7-5-10/h4-7,12,17H,8-9H2,1-3H3,(H,16,18)/t12-/m1/s1. The van der Waals surface area contributed by atoms with Gasteiger partial charge in [0, 0.05) is 11.6 Å². The third-order valence-corrected chi connectivity index (χ3v) is 2.59. The van der Waals surface area contributed by atoms with Gasteiger partial charge >= 0.3 is 6.09 Å². The van der Waals surface area contributed by atoms with E-state index in [4.69, 9.17) is 16.3 Å². The van der Waals surface area contributed by atoms with Gasteiger partial charge in [-0.25, -0.2) is 4.79 Å². The summed E-state index contributed by atoms with van der Waals surface area (Å²) in [5, 5.41) is 13.2. The quantitative estimate of drug-likeness (QED) is 0.892. The lowest BCUT2D eigenvalue weighted by molar-refractivity contribution is 0.0518. The minimum Gasteiger partial charge on any atom is -0.444 e. The van der Waals surface area contributed by atoms with Crippen molar-refractivity contribution in [1.82, 2.24) is 5.32 Å². The number of nitrogens with one attached hydrogen (secondary N) is 1. The zero-order valence-electron chi connectivity index (χ0n) is 11.4. The number of aliphatic hydroxyl groups is 1. The molecule has 5 heteroatoms. The summed E-state index contributed by atoms with van der Waals surface area (Å²) in [5.74, 6) is 0. The lowest BCUT2D eigenvalue weighted by atomic mass is 10.1. The first-order chi connectivity index (χ1) is 8.78. The molecule has 0 aliphatic carbocycles. The Morgan fingerprint density at radius 2 is 1.95 bits per heavy atom. The molecule has 1 atom stereocenters. The van der Waals surface area contributed by atoms with Crippen molar-refractivity contribution in [3.8, 4) is 0 Å². The van der Waals surface area contributed by atoms with Crippen LogP contribution in [0, 0.1) is 0 Å². The van der Waals surface area contributed by atoms with Crippen molar-refractivity contribution in [1.29, 1.82) is 0 Å². The van der Waals surface area contributed by atoms with Gasteiger partial charge in [-0.15, -0.1) is 0 Å². The molecule has 1 amide bonds. The first-order valence-corrected chi connectivity index (χ1v) is 6.56. The van der Waals surface area contributed by atoms with E-state index < -0.39 is 17.8 Å². The Hall–Kier alpha value is -1.26. The monoisotopic (exact) mass is 285 g/mol. The number of ether oxygens (including phenoxy) is 1. The van der Waals surface area contributed by atoms with Crippen LogP contribution in [-0.2, 0) is 4.74 Å². The van der Waals surface area contributed by atoms with Gasteiger partial charge in [-0.2, -0.15) is 0 Å². The second-order valence-corrected chi connectivity index (χ2v) is 5.72. The molecule has 0 fully saturated rings. The van der Waals surface area contributed by atoms with Crippen LogP contribution in [0.2, 0.25) is 5.02 Å². The van der Waals surface area contributed by atoms with Crippen LogP contribution in [0.15, 0.2) is 24.3 Å². The van der Waals surface area contributed by atoms with Crippen molar-refractivity contribution in [3.63, 3.8) is 0 Å². The van der Waals surface area contributed by atoms with Crippen LogP contribution >= 0.6 is 11.6 Å². The van der Waals surface area contributed by atoms with Crippen LogP contribution in [0.1, 0.15) is 38.9 Å². The molecule has 0 spiro atoms. The number of carbonyl (C=O) groups is 1. The highest BCUT2D eigenvalue weighted by Gasteiger charge is 2.16. The van der Waals surface area contributed by atoms with E-state index in [-0.39, 0.29) is 0 Å². The highest BCUT2D eigenvalue weighted by Crippen LogP contribution is 2.18. The molecule has 4 nitrogen and oxygen atoms in total. The van der Waals surface area contributed by atoms with Crippen LogP contribution < -0.4 is 5.32 Å². The second kappa shape index (κ2) is 6.78. The number of hydrogen-bond acceptors (Lipinski definition) is 3. The predicted octanol–water partition coefficient (Wildman–Crippen LogP) is 3.29. The minimum atomic E-state index is -0.632. The van der Waals surface area contributed by atoms with Crippen LogP contribution in [0.25, 0.3) is 0 Å². The summed E-state index contributed by atoms with van der Waals surface area (Å²) in [5.41, 5.74) is 0.259. The summed E-state index contributed by atoms with van der Waals surface area (Å²) in [6.45, 7) is 5.75. The Morgan fingerprint density at radius 1 is 1.37 bits per heavy atom. The summed E-state index contributed by atoms with van der Waals surface area (Å²) in [6, 6.07) is 6.98. The van der Waals surface area contributed by atoms with Crippen molar-refractivity contribution in [2.45, 2.75) is 38.9 Å². The smallest absolute Gasteiger partial charge is 0.407 e. The molecule has 0 aliphatic heterocycles. The van der Waals surface area contributed by atoms with Gasteiger partial charge in [0.05, 0.1) is 6.10 Å². The molecular weight excluding hydrogens is 266 g/mol. The summed E-state index contributed by atoms with van der Waals surface area (Å²) in [6.07, 6.45) is -0.691. The molecule has 0 saturated carbocycles. The molecule has 1 aromatic carbocycles. The molecule has 19 heavy (non-hydrogen) atoms. The van der Waals surface area contributed by atoms with Crippen molar-refractivity contribution in [2.24, 2.45) is 0 Å². The van der Waals surface area contributed by atoms with E-state index in [0.717, 1.165) is 5.56 Å². The maximum absolute atomic E-state index is 11.4. The predicted molar refractivity (Wildman–Crippen MR) is 75.3 cm³/mol. The molecule has 1 aromatic rings. The lowest BCUT2D eigenvalue weighted by Crippen LogP contribution is -2.33. The number of amides is 1. The van der Waals surface area contributed by atoms with Gasteiger partial charge in [0.15, 0.2) is 0 Å². The average molecular weight is 286 g/mol. The Balaban J connectivity index is 2.33. The number of halogens is 1. The molecular formula is C14H20ClNO3.